The van der Waals surface area contributed by atoms with E-state index in [2.05, 4.69) is 22.0 Å². The number of hydrogen-bond acceptors (Lipinski definition) is 3. The summed E-state index contributed by atoms with van der Waals surface area (Å²) < 4.78 is 0. The first-order chi connectivity index (χ1) is 8.43. The van der Waals surface area contributed by atoms with E-state index in [9.17, 15) is 0 Å². The maximum absolute atomic E-state index is 3.85. The average molecular weight is 254 g/mol. The molecule has 0 aromatic carbocycles. The Labute approximate surface area is 110 Å². The summed E-state index contributed by atoms with van der Waals surface area (Å²) in [6.45, 7) is 2.63. The summed E-state index contributed by atoms with van der Waals surface area (Å²) in [4.78, 5) is 2.81. The molecule has 17 heavy (non-hydrogen) atoms. The molecule has 3 fully saturated rings. The Morgan fingerprint density at radius 3 is 2.59 bits per heavy atom. The molecule has 0 aromatic heterocycles. The van der Waals surface area contributed by atoms with Crippen LogP contribution in [-0.4, -0.2) is 47.6 Å². The Hall–Kier alpha value is 0.270. The van der Waals surface area contributed by atoms with Crippen LogP contribution in [0.5, 0.6) is 0 Å². The van der Waals surface area contributed by atoms with Gasteiger partial charge in [-0.2, -0.15) is 11.8 Å². The molecule has 0 aromatic rings. The number of nitrogens with one attached hydrogen (secondary N) is 1. The molecule has 1 atom stereocenters. The Kier molecular flexibility index (Phi) is 4.30. The zero-order valence-electron chi connectivity index (χ0n) is 10.9. The molecule has 0 spiro atoms. The quantitative estimate of drug-likeness (QED) is 0.830. The van der Waals surface area contributed by atoms with Crippen molar-refractivity contribution in [2.75, 3.05) is 24.6 Å². The second kappa shape index (κ2) is 5.94. The predicted molar refractivity (Wildman–Crippen MR) is 75.7 cm³/mol. The third kappa shape index (κ3) is 3.39. The fourth-order valence-electron chi connectivity index (χ4n) is 3.33. The van der Waals surface area contributed by atoms with Gasteiger partial charge in [-0.3, -0.25) is 4.90 Å². The molecule has 0 bridgehead atoms. The van der Waals surface area contributed by atoms with E-state index in [-0.39, 0.29) is 0 Å². The first-order valence-electron chi connectivity index (χ1n) is 7.50. The summed E-state index contributed by atoms with van der Waals surface area (Å²) in [5.74, 6) is 2.74. The van der Waals surface area contributed by atoms with Gasteiger partial charge >= 0.3 is 0 Å². The summed E-state index contributed by atoms with van der Waals surface area (Å²) in [6, 6.07) is 2.63. The van der Waals surface area contributed by atoms with Crippen LogP contribution in [-0.2, 0) is 0 Å². The number of rotatable bonds is 4. The monoisotopic (exact) mass is 254 g/mol. The summed E-state index contributed by atoms with van der Waals surface area (Å²) in [7, 11) is 0. The molecular weight excluding hydrogens is 228 g/mol. The van der Waals surface area contributed by atoms with Gasteiger partial charge in [0.1, 0.15) is 0 Å². The van der Waals surface area contributed by atoms with Crippen molar-refractivity contribution in [3.8, 4) is 0 Å². The molecule has 1 saturated carbocycles. The van der Waals surface area contributed by atoms with Crippen LogP contribution in [0.15, 0.2) is 0 Å². The number of hydrogen-bond donors (Lipinski definition) is 1. The molecule has 2 heterocycles. The van der Waals surface area contributed by atoms with Crippen molar-refractivity contribution in [2.24, 2.45) is 0 Å². The fourth-order valence-corrected chi connectivity index (χ4v) is 4.44. The van der Waals surface area contributed by atoms with Gasteiger partial charge in [0, 0.05) is 24.7 Å². The van der Waals surface area contributed by atoms with E-state index >= 15 is 0 Å². The Morgan fingerprint density at radius 2 is 1.82 bits per heavy atom. The Morgan fingerprint density at radius 1 is 1.00 bits per heavy atom. The molecule has 0 amide bonds. The summed E-state index contributed by atoms with van der Waals surface area (Å²) in [5, 5.41) is 3.85. The van der Waals surface area contributed by atoms with E-state index in [0.717, 1.165) is 18.1 Å². The van der Waals surface area contributed by atoms with Crippen molar-refractivity contribution < 1.29 is 0 Å². The van der Waals surface area contributed by atoms with Crippen molar-refractivity contribution in [2.45, 2.75) is 63.1 Å². The van der Waals surface area contributed by atoms with Crippen molar-refractivity contribution in [1.29, 1.82) is 0 Å². The summed E-state index contributed by atoms with van der Waals surface area (Å²) >= 11 is 2.13. The van der Waals surface area contributed by atoms with E-state index in [1.54, 1.807) is 0 Å². The highest BCUT2D eigenvalue weighted by Gasteiger charge is 2.35. The fraction of sp³-hybridized carbons (Fsp3) is 1.00. The molecule has 2 aliphatic heterocycles. The van der Waals surface area contributed by atoms with Gasteiger partial charge in [-0.15, -0.1) is 0 Å². The minimum Gasteiger partial charge on any atom is -0.312 e. The minimum absolute atomic E-state index is 0.819. The normalized spacial score (nSPS) is 32.8. The topological polar surface area (TPSA) is 15.3 Å². The van der Waals surface area contributed by atoms with Gasteiger partial charge in [0.25, 0.3) is 0 Å². The largest absolute Gasteiger partial charge is 0.312 e. The number of likely N-dealkylation sites (tertiary alicyclic amines) is 1. The number of thioether (sulfide) groups is 1. The lowest BCUT2D eigenvalue weighted by Crippen LogP contribution is -2.49. The maximum Gasteiger partial charge on any atom is 0.0223 e. The van der Waals surface area contributed by atoms with Crippen molar-refractivity contribution in [3.63, 3.8) is 0 Å². The van der Waals surface area contributed by atoms with E-state index in [1.165, 1.54) is 69.5 Å². The van der Waals surface area contributed by atoms with Crippen LogP contribution >= 0.6 is 11.8 Å². The van der Waals surface area contributed by atoms with Crippen LogP contribution in [0.1, 0.15) is 44.9 Å². The van der Waals surface area contributed by atoms with Gasteiger partial charge in [0.15, 0.2) is 0 Å². The standard InChI is InChI=1S/C14H26N2S/c1-2-8-16(13-4-5-13)14(3-1)11-15-12-6-9-17-10-7-12/h12-15H,1-11H2. The van der Waals surface area contributed by atoms with Crippen LogP contribution < -0.4 is 5.32 Å². The molecule has 3 aliphatic rings. The third-order valence-electron chi connectivity index (χ3n) is 4.55. The molecule has 1 unspecified atom stereocenters. The van der Waals surface area contributed by atoms with E-state index < -0.39 is 0 Å². The molecular formula is C14H26N2S. The molecule has 1 N–H and O–H groups in total. The smallest absolute Gasteiger partial charge is 0.0223 e. The highest BCUT2D eigenvalue weighted by molar-refractivity contribution is 7.99. The summed E-state index contributed by atoms with van der Waals surface area (Å²) in [6.07, 6.45) is 10.0. The van der Waals surface area contributed by atoms with Crippen molar-refractivity contribution in [1.82, 2.24) is 10.2 Å². The average Bonchev–Trinajstić information content (AvgIpc) is 3.22. The highest BCUT2D eigenvalue weighted by Crippen LogP contribution is 2.32. The molecule has 98 valence electrons. The SMILES string of the molecule is C1CCN(C2CC2)C(CNC2CCSCC2)C1. The number of piperidine rings is 1. The van der Waals surface area contributed by atoms with Crippen LogP contribution in [0.2, 0.25) is 0 Å². The van der Waals surface area contributed by atoms with Crippen LogP contribution in [0, 0.1) is 0 Å². The Balaban J connectivity index is 1.45. The lowest BCUT2D eigenvalue weighted by atomic mass is 10.0. The van der Waals surface area contributed by atoms with Crippen LogP contribution in [0.3, 0.4) is 0 Å². The zero-order chi connectivity index (χ0) is 11.5. The molecule has 2 nitrogen and oxygen atoms in total. The molecule has 3 rings (SSSR count). The zero-order valence-corrected chi connectivity index (χ0v) is 11.7. The van der Waals surface area contributed by atoms with E-state index in [4.69, 9.17) is 0 Å². The predicted octanol–water partition coefficient (Wildman–Crippen LogP) is 2.49. The van der Waals surface area contributed by atoms with Gasteiger partial charge in [0.05, 0.1) is 0 Å². The Bertz CT molecular complexity index is 236. The van der Waals surface area contributed by atoms with Gasteiger partial charge in [-0.1, -0.05) is 6.42 Å². The van der Waals surface area contributed by atoms with Crippen molar-refractivity contribution in [3.05, 3.63) is 0 Å². The molecule has 1 aliphatic carbocycles. The van der Waals surface area contributed by atoms with Gasteiger partial charge in [-0.05, 0) is 56.6 Å². The maximum atomic E-state index is 3.85. The van der Waals surface area contributed by atoms with Gasteiger partial charge < -0.3 is 5.32 Å². The van der Waals surface area contributed by atoms with Crippen molar-refractivity contribution >= 4 is 11.8 Å². The lowest BCUT2D eigenvalue weighted by Gasteiger charge is -2.37. The van der Waals surface area contributed by atoms with Gasteiger partial charge in [0.2, 0.25) is 0 Å². The first kappa shape index (κ1) is 12.3. The first-order valence-corrected chi connectivity index (χ1v) is 8.66. The van der Waals surface area contributed by atoms with Gasteiger partial charge in [-0.25, -0.2) is 0 Å². The molecule has 2 saturated heterocycles. The summed E-state index contributed by atoms with van der Waals surface area (Å²) in [5.41, 5.74) is 0. The third-order valence-corrected chi connectivity index (χ3v) is 5.60. The van der Waals surface area contributed by atoms with E-state index in [1.807, 2.05) is 0 Å². The van der Waals surface area contributed by atoms with Crippen LogP contribution in [0.25, 0.3) is 0 Å². The number of nitrogens with zero attached hydrogens (tertiary/aromatic N) is 1. The molecule has 0 radical (unpaired) electrons. The minimum atomic E-state index is 0.819. The second-order valence-electron chi connectivity index (χ2n) is 5.91. The lowest BCUT2D eigenvalue weighted by molar-refractivity contribution is 0.133. The highest BCUT2D eigenvalue weighted by atomic mass is 32.2. The van der Waals surface area contributed by atoms with E-state index in [0.29, 0.717) is 0 Å². The second-order valence-corrected chi connectivity index (χ2v) is 7.14. The van der Waals surface area contributed by atoms with Crippen LogP contribution in [0.4, 0.5) is 0 Å². The molecule has 3 heteroatoms.